The fourth-order valence-electron chi connectivity index (χ4n) is 3.96. The van der Waals surface area contributed by atoms with Gasteiger partial charge >= 0.3 is 5.97 Å². The molecule has 0 radical (unpaired) electrons. The van der Waals surface area contributed by atoms with Crippen LogP contribution in [0.25, 0.3) is 17.4 Å². The molecule has 3 aromatic carbocycles. The van der Waals surface area contributed by atoms with Crippen molar-refractivity contribution >= 4 is 40.6 Å². The molecule has 5 rings (SSSR count). The van der Waals surface area contributed by atoms with Gasteiger partial charge in [-0.2, -0.15) is 0 Å². The molecule has 0 aliphatic carbocycles. The minimum atomic E-state index is -0.363. The number of furan rings is 1. The Balaban J connectivity index is 1.40. The third kappa shape index (κ3) is 6.13. The summed E-state index contributed by atoms with van der Waals surface area (Å²) in [7, 11) is 1.62. The maximum absolute atomic E-state index is 13.5. The summed E-state index contributed by atoms with van der Waals surface area (Å²) < 4.78 is 16.3. The average molecular weight is 539 g/mol. The third-order valence-corrected chi connectivity index (χ3v) is 6.96. The van der Waals surface area contributed by atoms with Crippen molar-refractivity contribution in [3.63, 3.8) is 0 Å². The van der Waals surface area contributed by atoms with E-state index in [-0.39, 0.29) is 11.9 Å². The highest BCUT2D eigenvalue weighted by molar-refractivity contribution is 8.18. The van der Waals surface area contributed by atoms with E-state index in [1.54, 1.807) is 49.3 Å². The molecule has 7 nitrogen and oxygen atoms in total. The third-order valence-electron chi connectivity index (χ3n) is 5.95. The van der Waals surface area contributed by atoms with E-state index in [1.165, 1.54) is 11.8 Å². The molecule has 196 valence electrons. The van der Waals surface area contributed by atoms with Gasteiger partial charge in [-0.05, 0) is 72.8 Å². The Morgan fingerprint density at radius 3 is 2.41 bits per heavy atom. The summed E-state index contributed by atoms with van der Waals surface area (Å²) in [6.45, 7) is 2.46. The number of benzene rings is 3. The summed E-state index contributed by atoms with van der Waals surface area (Å²) in [6.07, 6.45) is 1.73. The number of hydrogen-bond acceptors (Lipinski definition) is 7. The highest BCUT2D eigenvalue weighted by Gasteiger charge is 2.34. The molecule has 2 heterocycles. The van der Waals surface area contributed by atoms with Crippen LogP contribution in [-0.4, -0.2) is 35.7 Å². The maximum atomic E-state index is 13.5. The van der Waals surface area contributed by atoms with Crippen molar-refractivity contribution in [2.75, 3.05) is 13.7 Å². The van der Waals surface area contributed by atoms with E-state index in [0.29, 0.717) is 40.3 Å². The molecule has 0 N–H and O–H groups in total. The average Bonchev–Trinajstić information content (AvgIpc) is 3.55. The van der Waals surface area contributed by atoms with E-state index in [4.69, 9.17) is 18.9 Å². The first-order chi connectivity index (χ1) is 19.0. The molecule has 0 spiro atoms. The molecule has 0 saturated carbocycles. The molecule has 4 aromatic rings. The molecular formula is C31H26N2O5S. The first-order valence-electron chi connectivity index (χ1n) is 12.4. The lowest BCUT2D eigenvalue weighted by atomic mass is 10.1. The number of amidine groups is 1. The molecule has 1 aromatic heterocycles. The van der Waals surface area contributed by atoms with Gasteiger partial charge in [0.2, 0.25) is 0 Å². The molecule has 1 amide bonds. The van der Waals surface area contributed by atoms with Crippen LogP contribution in [0.4, 0.5) is 5.69 Å². The SMILES string of the molecule is CCOC(=O)c1ccc(-c2ccc(/C=C3\SC(=Nc4ccccc4)N(Cc4ccc(OC)cc4)C3=O)o2)cc1. The fraction of sp³-hybridized carbons (Fsp3) is 0.129. The first kappa shape index (κ1) is 26.1. The lowest BCUT2D eigenvalue weighted by Crippen LogP contribution is -2.28. The molecule has 0 unspecified atom stereocenters. The number of carbonyl (C=O) groups is 2. The molecule has 8 heteroatoms. The van der Waals surface area contributed by atoms with Gasteiger partial charge in [0.1, 0.15) is 17.3 Å². The molecule has 1 aliphatic heterocycles. The minimum absolute atomic E-state index is 0.151. The summed E-state index contributed by atoms with van der Waals surface area (Å²) in [5, 5.41) is 0.592. The smallest absolute Gasteiger partial charge is 0.338 e. The van der Waals surface area contributed by atoms with Crippen molar-refractivity contribution in [1.82, 2.24) is 4.90 Å². The number of carbonyl (C=O) groups excluding carboxylic acids is 2. The normalized spacial score (nSPS) is 15.2. The second-order valence-corrected chi connectivity index (χ2v) is 9.59. The van der Waals surface area contributed by atoms with E-state index in [2.05, 4.69) is 0 Å². The number of amides is 1. The monoisotopic (exact) mass is 538 g/mol. The minimum Gasteiger partial charge on any atom is -0.497 e. The van der Waals surface area contributed by atoms with Gasteiger partial charge in [0.15, 0.2) is 5.17 Å². The van der Waals surface area contributed by atoms with Gasteiger partial charge in [-0.1, -0.05) is 42.5 Å². The van der Waals surface area contributed by atoms with Crippen molar-refractivity contribution in [3.05, 3.63) is 113 Å². The number of nitrogens with zero attached hydrogens (tertiary/aromatic N) is 2. The Labute approximate surface area is 230 Å². The number of ether oxygens (including phenoxy) is 2. The molecule has 1 aliphatic rings. The number of thioether (sulfide) groups is 1. The highest BCUT2D eigenvalue weighted by Crippen LogP contribution is 2.36. The Morgan fingerprint density at radius 2 is 1.72 bits per heavy atom. The Morgan fingerprint density at radius 1 is 0.974 bits per heavy atom. The number of esters is 1. The van der Waals surface area contributed by atoms with Crippen LogP contribution in [0.2, 0.25) is 0 Å². The van der Waals surface area contributed by atoms with Gasteiger partial charge in [-0.15, -0.1) is 0 Å². The predicted molar refractivity (Wildman–Crippen MR) is 153 cm³/mol. The van der Waals surface area contributed by atoms with E-state index in [1.807, 2.05) is 66.7 Å². The lowest BCUT2D eigenvalue weighted by molar-refractivity contribution is -0.122. The quantitative estimate of drug-likeness (QED) is 0.179. The van der Waals surface area contributed by atoms with Crippen molar-refractivity contribution < 1.29 is 23.5 Å². The summed E-state index contributed by atoms with van der Waals surface area (Å²) >= 11 is 1.31. The van der Waals surface area contributed by atoms with Crippen LogP contribution in [-0.2, 0) is 16.1 Å². The van der Waals surface area contributed by atoms with Crippen LogP contribution in [0.15, 0.2) is 105 Å². The topological polar surface area (TPSA) is 81.3 Å². The highest BCUT2D eigenvalue weighted by atomic mass is 32.2. The van der Waals surface area contributed by atoms with Crippen LogP contribution in [0.3, 0.4) is 0 Å². The number of para-hydroxylation sites is 1. The molecule has 0 atom stereocenters. The van der Waals surface area contributed by atoms with Gasteiger partial charge < -0.3 is 13.9 Å². The zero-order chi connectivity index (χ0) is 27.2. The largest absolute Gasteiger partial charge is 0.497 e. The van der Waals surface area contributed by atoms with Crippen LogP contribution in [0.5, 0.6) is 5.75 Å². The number of hydrogen-bond donors (Lipinski definition) is 0. The van der Waals surface area contributed by atoms with Gasteiger partial charge in [0, 0.05) is 11.6 Å². The van der Waals surface area contributed by atoms with E-state index < -0.39 is 0 Å². The Hall–Kier alpha value is -4.56. The van der Waals surface area contributed by atoms with Gasteiger partial charge in [-0.25, -0.2) is 9.79 Å². The van der Waals surface area contributed by atoms with E-state index >= 15 is 0 Å². The van der Waals surface area contributed by atoms with Crippen molar-refractivity contribution in [2.45, 2.75) is 13.5 Å². The maximum Gasteiger partial charge on any atom is 0.338 e. The van der Waals surface area contributed by atoms with Crippen LogP contribution >= 0.6 is 11.8 Å². The Bertz CT molecular complexity index is 1520. The van der Waals surface area contributed by atoms with Crippen molar-refractivity contribution in [2.24, 2.45) is 4.99 Å². The number of aliphatic imine (C=N–C) groups is 1. The molecule has 1 saturated heterocycles. The van der Waals surface area contributed by atoms with E-state index in [0.717, 1.165) is 22.6 Å². The predicted octanol–water partition coefficient (Wildman–Crippen LogP) is 6.94. The van der Waals surface area contributed by atoms with Crippen LogP contribution in [0, 0.1) is 0 Å². The van der Waals surface area contributed by atoms with E-state index in [9.17, 15) is 9.59 Å². The summed E-state index contributed by atoms with van der Waals surface area (Å²) in [5.74, 6) is 1.41. The van der Waals surface area contributed by atoms with Crippen molar-refractivity contribution in [3.8, 4) is 17.1 Å². The summed E-state index contributed by atoms with van der Waals surface area (Å²) in [5.41, 5.74) is 3.01. The van der Waals surface area contributed by atoms with Crippen LogP contribution < -0.4 is 4.74 Å². The summed E-state index contributed by atoms with van der Waals surface area (Å²) in [4.78, 5) is 32.4. The molecule has 1 fully saturated rings. The second kappa shape index (κ2) is 11.9. The molecule has 39 heavy (non-hydrogen) atoms. The summed E-state index contributed by atoms with van der Waals surface area (Å²) in [6, 6.07) is 27.8. The zero-order valence-electron chi connectivity index (χ0n) is 21.5. The molecular weight excluding hydrogens is 512 g/mol. The van der Waals surface area contributed by atoms with Crippen LogP contribution in [0.1, 0.15) is 28.6 Å². The van der Waals surface area contributed by atoms with Crippen molar-refractivity contribution in [1.29, 1.82) is 0 Å². The Kier molecular flexibility index (Phi) is 7.94. The molecule has 0 bridgehead atoms. The first-order valence-corrected chi connectivity index (χ1v) is 13.2. The number of rotatable bonds is 8. The van der Waals surface area contributed by atoms with Gasteiger partial charge in [0.25, 0.3) is 5.91 Å². The fourth-order valence-corrected chi connectivity index (χ4v) is 4.94. The van der Waals surface area contributed by atoms with Gasteiger partial charge in [0.05, 0.1) is 36.4 Å². The standard InChI is InChI=1S/C31H26N2O5S/c1-3-37-30(35)23-13-11-22(12-14-23)27-18-17-26(38-27)19-28-29(34)33(20-21-9-15-25(36-2)16-10-21)31(39-28)32-24-7-5-4-6-8-24/h4-19H,3,20H2,1-2H3/b28-19-,32-31?. The second-order valence-electron chi connectivity index (χ2n) is 8.58. The lowest BCUT2D eigenvalue weighted by Gasteiger charge is -2.16. The van der Waals surface area contributed by atoms with Gasteiger partial charge in [-0.3, -0.25) is 9.69 Å². The number of methoxy groups -OCH3 is 1. The zero-order valence-corrected chi connectivity index (χ0v) is 22.3.